The molecule has 0 aliphatic carbocycles. The summed E-state index contributed by atoms with van der Waals surface area (Å²) in [6.07, 6.45) is 0.729. The number of likely N-dealkylation sites (tertiary alicyclic amines) is 1. The third-order valence-electron chi connectivity index (χ3n) is 4.22. The van der Waals surface area contributed by atoms with Crippen LogP contribution in [0.2, 0.25) is 0 Å². The van der Waals surface area contributed by atoms with Crippen molar-refractivity contribution in [3.8, 4) is 5.75 Å². The number of nitrogens with zero attached hydrogens (tertiary/aromatic N) is 1. The number of para-hydroxylation sites is 1. The van der Waals surface area contributed by atoms with Gasteiger partial charge < -0.3 is 20.1 Å². The Morgan fingerprint density at radius 2 is 2.22 bits per heavy atom. The fourth-order valence-corrected chi connectivity index (χ4v) is 3.07. The second-order valence-corrected chi connectivity index (χ2v) is 5.82. The van der Waals surface area contributed by atoms with E-state index in [4.69, 9.17) is 9.84 Å². The number of carbonyl (C=O) groups is 3. The minimum atomic E-state index is -0.915. The van der Waals surface area contributed by atoms with E-state index < -0.39 is 12.1 Å². The van der Waals surface area contributed by atoms with Crippen molar-refractivity contribution < 1.29 is 24.2 Å². The van der Waals surface area contributed by atoms with E-state index in [1.807, 2.05) is 0 Å². The molecule has 3 rings (SSSR count). The van der Waals surface area contributed by atoms with Gasteiger partial charge in [-0.2, -0.15) is 0 Å². The Morgan fingerprint density at radius 3 is 2.96 bits per heavy atom. The minimum absolute atomic E-state index is 0.0608. The lowest BCUT2D eigenvalue weighted by atomic mass is 10.1. The van der Waals surface area contributed by atoms with Crippen LogP contribution in [0.4, 0.5) is 5.69 Å². The van der Waals surface area contributed by atoms with Crippen molar-refractivity contribution in [3.05, 3.63) is 23.8 Å². The highest BCUT2D eigenvalue weighted by Gasteiger charge is 2.34. The van der Waals surface area contributed by atoms with Gasteiger partial charge in [0.15, 0.2) is 11.9 Å². The van der Waals surface area contributed by atoms with Crippen LogP contribution in [-0.4, -0.2) is 46.5 Å². The number of ether oxygens (including phenoxy) is 1. The summed E-state index contributed by atoms with van der Waals surface area (Å²) in [6.45, 7) is 2.14. The number of hydrogen-bond acceptors (Lipinski definition) is 4. The van der Waals surface area contributed by atoms with Crippen LogP contribution < -0.4 is 10.1 Å². The van der Waals surface area contributed by atoms with Crippen molar-refractivity contribution >= 4 is 23.5 Å². The summed E-state index contributed by atoms with van der Waals surface area (Å²) in [5.41, 5.74) is 0.819. The number of aliphatic carboxylic acids is 1. The minimum Gasteiger partial charge on any atom is -0.481 e. The molecule has 2 amide bonds. The molecule has 2 N–H and O–H groups in total. The summed E-state index contributed by atoms with van der Waals surface area (Å²) >= 11 is 0. The number of carboxylic acids is 1. The van der Waals surface area contributed by atoms with Gasteiger partial charge >= 0.3 is 5.97 Å². The first-order valence-electron chi connectivity index (χ1n) is 7.60. The first kappa shape index (κ1) is 15.3. The van der Waals surface area contributed by atoms with E-state index in [-0.39, 0.29) is 24.3 Å². The molecule has 2 atom stereocenters. The summed E-state index contributed by atoms with van der Waals surface area (Å²) in [5, 5.41) is 11.7. The Morgan fingerprint density at radius 1 is 1.43 bits per heavy atom. The van der Waals surface area contributed by atoms with Gasteiger partial charge in [-0.1, -0.05) is 6.07 Å². The molecule has 1 aromatic carbocycles. The zero-order valence-corrected chi connectivity index (χ0v) is 12.7. The van der Waals surface area contributed by atoms with E-state index in [2.05, 4.69) is 5.32 Å². The summed E-state index contributed by atoms with van der Waals surface area (Å²) < 4.78 is 5.60. The maximum Gasteiger partial charge on any atom is 0.305 e. The van der Waals surface area contributed by atoms with Crippen LogP contribution in [0.1, 0.15) is 36.5 Å². The van der Waals surface area contributed by atoms with Gasteiger partial charge in [0, 0.05) is 12.6 Å². The van der Waals surface area contributed by atoms with Gasteiger partial charge in [-0.25, -0.2) is 0 Å². The van der Waals surface area contributed by atoms with Crippen LogP contribution in [0.3, 0.4) is 0 Å². The molecule has 23 heavy (non-hydrogen) atoms. The van der Waals surface area contributed by atoms with Crippen molar-refractivity contribution in [2.24, 2.45) is 0 Å². The van der Waals surface area contributed by atoms with Gasteiger partial charge in [-0.05, 0) is 31.9 Å². The van der Waals surface area contributed by atoms with Gasteiger partial charge in [-0.15, -0.1) is 0 Å². The molecule has 1 saturated heterocycles. The first-order chi connectivity index (χ1) is 11.0. The monoisotopic (exact) mass is 318 g/mol. The number of carboxylic acid groups (broad SMARTS) is 1. The van der Waals surface area contributed by atoms with E-state index >= 15 is 0 Å². The van der Waals surface area contributed by atoms with E-state index in [1.54, 1.807) is 30.0 Å². The molecule has 0 radical (unpaired) electrons. The average Bonchev–Trinajstić information content (AvgIpc) is 2.94. The lowest BCUT2D eigenvalue weighted by molar-refractivity contribution is -0.138. The zero-order chi connectivity index (χ0) is 16.6. The molecule has 1 fully saturated rings. The Hall–Kier alpha value is -2.57. The predicted molar refractivity (Wildman–Crippen MR) is 81.5 cm³/mol. The number of amides is 2. The highest BCUT2D eigenvalue weighted by molar-refractivity contribution is 6.04. The van der Waals surface area contributed by atoms with Crippen molar-refractivity contribution in [3.63, 3.8) is 0 Å². The van der Waals surface area contributed by atoms with Gasteiger partial charge in [-0.3, -0.25) is 14.4 Å². The third-order valence-corrected chi connectivity index (χ3v) is 4.22. The standard InChI is InChI=1S/C16H18N2O5/c1-9-15(21)17-12-6-2-5-11(14(12)23-9)16(22)18-7-3-4-10(18)8-13(19)20/h2,5-6,9-10H,3-4,7-8H2,1H3,(H,17,21)(H,19,20). The fourth-order valence-electron chi connectivity index (χ4n) is 3.07. The molecule has 0 spiro atoms. The molecular formula is C16H18N2O5. The van der Waals surface area contributed by atoms with Crippen molar-refractivity contribution in [1.82, 2.24) is 4.90 Å². The summed E-state index contributed by atoms with van der Waals surface area (Å²) in [4.78, 5) is 37.1. The maximum absolute atomic E-state index is 12.8. The second kappa shape index (κ2) is 5.91. The summed E-state index contributed by atoms with van der Waals surface area (Å²) in [5.74, 6) is -1.08. The predicted octanol–water partition coefficient (Wildman–Crippen LogP) is 1.49. The lowest BCUT2D eigenvalue weighted by Crippen LogP contribution is -2.39. The van der Waals surface area contributed by atoms with Crippen molar-refractivity contribution in [1.29, 1.82) is 0 Å². The summed E-state index contributed by atoms with van der Waals surface area (Å²) in [6, 6.07) is 4.69. The molecule has 2 aliphatic heterocycles. The number of carbonyl (C=O) groups excluding carboxylic acids is 2. The number of benzene rings is 1. The molecule has 1 aromatic rings. The van der Waals surface area contributed by atoms with Gasteiger partial charge in [0.2, 0.25) is 0 Å². The quantitative estimate of drug-likeness (QED) is 0.880. The molecule has 122 valence electrons. The largest absolute Gasteiger partial charge is 0.481 e. The van der Waals surface area contributed by atoms with E-state index in [0.29, 0.717) is 30.0 Å². The molecule has 0 saturated carbocycles. The highest BCUT2D eigenvalue weighted by Crippen LogP contribution is 2.35. The average molecular weight is 318 g/mol. The summed E-state index contributed by atoms with van der Waals surface area (Å²) in [7, 11) is 0. The Labute approximate surface area is 133 Å². The topological polar surface area (TPSA) is 95.9 Å². The van der Waals surface area contributed by atoms with E-state index in [0.717, 1.165) is 6.42 Å². The maximum atomic E-state index is 12.8. The van der Waals surface area contributed by atoms with Crippen molar-refractivity contribution in [2.75, 3.05) is 11.9 Å². The number of hydrogen-bond donors (Lipinski definition) is 2. The Kier molecular flexibility index (Phi) is 3.94. The Balaban J connectivity index is 1.90. The van der Waals surface area contributed by atoms with Crippen LogP contribution in [0.25, 0.3) is 0 Å². The van der Waals surface area contributed by atoms with Crippen LogP contribution in [-0.2, 0) is 9.59 Å². The molecule has 2 heterocycles. The first-order valence-corrected chi connectivity index (χ1v) is 7.60. The Bertz CT molecular complexity index is 672. The number of fused-ring (bicyclic) bond motifs is 1. The molecule has 0 aromatic heterocycles. The van der Waals surface area contributed by atoms with Gasteiger partial charge in [0.1, 0.15) is 0 Å². The third kappa shape index (κ3) is 2.86. The van der Waals surface area contributed by atoms with Gasteiger partial charge in [0.25, 0.3) is 11.8 Å². The fraction of sp³-hybridized carbons (Fsp3) is 0.438. The van der Waals surface area contributed by atoms with Crippen LogP contribution >= 0.6 is 0 Å². The molecule has 0 bridgehead atoms. The van der Waals surface area contributed by atoms with E-state index in [1.165, 1.54) is 0 Å². The highest BCUT2D eigenvalue weighted by atomic mass is 16.5. The van der Waals surface area contributed by atoms with Gasteiger partial charge in [0.05, 0.1) is 17.7 Å². The van der Waals surface area contributed by atoms with Crippen molar-refractivity contribution in [2.45, 2.75) is 38.3 Å². The number of anilines is 1. The second-order valence-electron chi connectivity index (χ2n) is 5.82. The lowest BCUT2D eigenvalue weighted by Gasteiger charge is -2.28. The van der Waals surface area contributed by atoms with E-state index in [9.17, 15) is 14.4 Å². The number of nitrogens with one attached hydrogen (secondary N) is 1. The zero-order valence-electron chi connectivity index (χ0n) is 12.7. The normalized spacial score (nSPS) is 23.0. The SMILES string of the molecule is CC1Oc2c(cccc2C(=O)N2CCCC2CC(=O)O)NC1=O. The molecule has 7 nitrogen and oxygen atoms in total. The molecular weight excluding hydrogens is 300 g/mol. The molecule has 2 unspecified atom stereocenters. The smallest absolute Gasteiger partial charge is 0.305 e. The number of rotatable bonds is 3. The van der Waals surface area contributed by atoms with Crippen LogP contribution in [0.15, 0.2) is 18.2 Å². The molecule has 2 aliphatic rings. The molecule has 7 heteroatoms. The van der Waals surface area contributed by atoms with Crippen LogP contribution in [0, 0.1) is 0 Å². The van der Waals surface area contributed by atoms with Crippen LogP contribution in [0.5, 0.6) is 5.75 Å².